The molecule has 0 spiro atoms. The molecular weight excluding hydrogens is 280 g/mol. The van der Waals surface area contributed by atoms with Crippen molar-refractivity contribution in [2.45, 2.75) is 59.8 Å². The number of rotatable bonds is 6. The van der Waals surface area contributed by atoms with E-state index < -0.39 is 0 Å². The average molecular weight is 310 g/mol. The monoisotopic (exact) mass is 310 g/mol. The molecule has 2 heteroatoms. The minimum Gasteiger partial charge on any atom is -0.398 e. The molecule has 0 radical (unpaired) electrons. The van der Waals surface area contributed by atoms with Crippen LogP contribution in [0.25, 0.3) is 0 Å². The van der Waals surface area contributed by atoms with Crippen molar-refractivity contribution in [2.24, 2.45) is 0 Å². The fourth-order valence-corrected chi connectivity index (χ4v) is 3.35. The highest BCUT2D eigenvalue weighted by Gasteiger charge is 2.11. The largest absolute Gasteiger partial charge is 0.398 e. The van der Waals surface area contributed by atoms with E-state index in [0.717, 1.165) is 43.5 Å². The summed E-state index contributed by atoms with van der Waals surface area (Å²) in [5.41, 5.74) is 22.3. The van der Waals surface area contributed by atoms with Gasteiger partial charge in [-0.1, -0.05) is 39.8 Å². The van der Waals surface area contributed by atoms with Crippen molar-refractivity contribution in [1.29, 1.82) is 0 Å². The summed E-state index contributed by atoms with van der Waals surface area (Å²) in [6.45, 7) is 8.77. The Morgan fingerprint density at radius 2 is 0.826 bits per heavy atom. The lowest BCUT2D eigenvalue weighted by Crippen LogP contribution is -2.05. The van der Waals surface area contributed by atoms with Crippen LogP contribution in [0.5, 0.6) is 0 Å². The van der Waals surface area contributed by atoms with Crippen LogP contribution < -0.4 is 11.5 Å². The summed E-state index contributed by atoms with van der Waals surface area (Å²) in [5, 5.41) is 0. The highest BCUT2D eigenvalue weighted by atomic mass is 14.6. The van der Waals surface area contributed by atoms with E-state index in [4.69, 9.17) is 11.5 Å². The van der Waals surface area contributed by atoms with Gasteiger partial charge in [-0.25, -0.2) is 0 Å². The zero-order valence-corrected chi connectivity index (χ0v) is 15.0. The minimum atomic E-state index is 0.811. The van der Waals surface area contributed by atoms with Crippen molar-refractivity contribution in [3.8, 4) is 0 Å². The van der Waals surface area contributed by atoms with Crippen LogP contribution in [0.4, 0.5) is 11.4 Å². The molecule has 2 nitrogen and oxygen atoms in total. The van der Waals surface area contributed by atoms with Gasteiger partial charge in [-0.2, -0.15) is 0 Å². The summed E-state index contributed by atoms with van der Waals surface area (Å²) in [7, 11) is 0. The number of hydrogen-bond acceptors (Lipinski definition) is 2. The van der Waals surface area contributed by atoms with Crippen LogP contribution in [-0.2, 0) is 32.1 Å². The highest BCUT2D eigenvalue weighted by molar-refractivity contribution is 5.59. The van der Waals surface area contributed by atoms with E-state index >= 15 is 0 Å². The lowest BCUT2D eigenvalue weighted by atomic mass is 9.92. The van der Waals surface area contributed by atoms with E-state index in [-0.39, 0.29) is 0 Å². The molecule has 0 fully saturated rings. The molecule has 0 aliphatic heterocycles. The zero-order chi connectivity index (χ0) is 17.0. The molecule has 0 saturated carbocycles. The predicted molar refractivity (Wildman–Crippen MR) is 102 cm³/mol. The van der Waals surface area contributed by atoms with Gasteiger partial charge in [-0.05, 0) is 71.2 Å². The predicted octanol–water partition coefficient (Wildman–Crippen LogP) is 4.69. The highest BCUT2D eigenvalue weighted by Crippen LogP contribution is 2.27. The molecule has 124 valence electrons. The van der Waals surface area contributed by atoms with Gasteiger partial charge >= 0.3 is 0 Å². The quantitative estimate of drug-likeness (QED) is 0.760. The van der Waals surface area contributed by atoms with E-state index in [1.54, 1.807) is 0 Å². The number of nitrogen functional groups attached to an aromatic ring is 2. The zero-order valence-electron chi connectivity index (χ0n) is 15.0. The normalized spacial score (nSPS) is 11.0. The summed E-state index contributed by atoms with van der Waals surface area (Å²) < 4.78 is 0. The summed E-state index contributed by atoms with van der Waals surface area (Å²) in [6.07, 6.45) is 4.95. The maximum Gasteiger partial charge on any atom is 0.0352 e. The SMILES string of the molecule is CCc1cc(N)c(Cc2cc(CC)c(CC)cc2N)cc1CC. The summed E-state index contributed by atoms with van der Waals surface area (Å²) in [4.78, 5) is 0. The number of anilines is 2. The third-order valence-corrected chi connectivity index (χ3v) is 4.83. The van der Waals surface area contributed by atoms with Crippen LogP contribution in [0, 0.1) is 0 Å². The van der Waals surface area contributed by atoms with Gasteiger partial charge in [0.15, 0.2) is 0 Å². The maximum atomic E-state index is 6.30. The molecule has 2 aromatic carbocycles. The lowest BCUT2D eigenvalue weighted by Gasteiger charge is -2.16. The Bertz CT molecular complexity index is 627. The van der Waals surface area contributed by atoms with Crippen LogP contribution in [-0.4, -0.2) is 0 Å². The lowest BCUT2D eigenvalue weighted by molar-refractivity contribution is 1.01. The molecule has 0 aliphatic rings. The van der Waals surface area contributed by atoms with E-state index in [2.05, 4.69) is 52.0 Å². The van der Waals surface area contributed by atoms with Crippen molar-refractivity contribution >= 4 is 11.4 Å². The first-order valence-electron chi connectivity index (χ1n) is 8.84. The topological polar surface area (TPSA) is 52.0 Å². The summed E-state index contributed by atoms with van der Waals surface area (Å²) in [6, 6.07) is 8.83. The molecule has 0 aromatic heterocycles. The van der Waals surface area contributed by atoms with Crippen molar-refractivity contribution in [1.82, 2.24) is 0 Å². The minimum absolute atomic E-state index is 0.811. The Kier molecular flexibility index (Phi) is 5.70. The van der Waals surface area contributed by atoms with E-state index in [9.17, 15) is 0 Å². The Morgan fingerprint density at radius 1 is 0.522 bits per heavy atom. The molecule has 23 heavy (non-hydrogen) atoms. The van der Waals surface area contributed by atoms with E-state index in [1.807, 2.05) is 0 Å². The van der Waals surface area contributed by atoms with Crippen LogP contribution >= 0.6 is 0 Å². The molecular formula is C21H30N2. The fraction of sp³-hybridized carbons (Fsp3) is 0.429. The molecule has 0 bridgehead atoms. The maximum absolute atomic E-state index is 6.30. The Labute approximate surface area is 140 Å². The first kappa shape index (κ1) is 17.4. The third-order valence-electron chi connectivity index (χ3n) is 4.83. The van der Waals surface area contributed by atoms with Crippen molar-refractivity contribution in [3.05, 3.63) is 57.6 Å². The second-order valence-electron chi connectivity index (χ2n) is 6.23. The molecule has 0 heterocycles. The molecule has 2 rings (SSSR count). The number of nitrogens with two attached hydrogens (primary N) is 2. The first-order valence-corrected chi connectivity index (χ1v) is 8.84. The van der Waals surface area contributed by atoms with Gasteiger partial charge in [-0.15, -0.1) is 0 Å². The standard InChI is InChI=1S/C21H30N2/c1-5-14-9-18(20(22)12-16(14)7-3)11-19-10-15(6-2)17(8-4)13-21(19)23/h9-10,12-13H,5-8,11,22-23H2,1-4H3. The smallest absolute Gasteiger partial charge is 0.0352 e. The number of benzene rings is 2. The first-order chi connectivity index (χ1) is 11.0. The molecule has 0 aliphatic carbocycles. The summed E-state index contributed by atoms with van der Waals surface area (Å²) >= 11 is 0. The van der Waals surface area contributed by atoms with Crippen LogP contribution in [0.2, 0.25) is 0 Å². The van der Waals surface area contributed by atoms with Gasteiger partial charge in [0.1, 0.15) is 0 Å². The van der Waals surface area contributed by atoms with Crippen LogP contribution in [0.3, 0.4) is 0 Å². The van der Waals surface area contributed by atoms with Crippen LogP contribution in [0.1, 0.15) is 61.1 Å². The molecule has 0 amide bonds. The Hall–Kier alpha value is -1.96. The molecule has 4 N–H and O–H groups in total. The third kappa shape index (κ3) is 3.69. The number of aryl methyl sites for hydroxylation is 4. The Balaban J connectivity index is 2.43. The van der Waals surface area contributed by atoms with Crippen LogP contribution in [0.15, 0.2) is 24.3 Å². The van der Waals surface area contributed by atoms with Gasteiger partial charge < -0.3 is 11.5 Å². The van der Waals surface area contributed by atoms with Gasteiger partial charge in [-0.3, -0.25) is 0 Å². The Morgan fingerprint density at radius 3 is 1.13 bits per heavy atom. The van der Waals surface area contributed by atoms with Crippen molar-refractivity contribution < 1.29 is 0 Å². The van der Waals surface area contributed by atoms with Crippen molar-refractivity contribution in [2.75, 3.05) is 11.5 Å². The van der Waals surface area contributed by atoms with Gasteiger partial charge in [0.25, 0.3) is 0 Å². The number of hydrogen-bond donors (Lipinski definition) is 2. The summed E-state index contributed by atoms with van der Waals surface area (Å²) in [5.74, 6) is 0. The van der Waals surface area contributed by atoms with Gasteiger partial charge in [0.2, 0.25) is 0 Å². The molecule has 0 unspecified atom stereocenters. The van der Waals surface area contributed by atoms with Crippen molar-refractivity contribution in [3.63, 3.8) is 0 Å². The molecule has 2 aromatic rings. The molecule has 0 saturated heterocycles. The molecule has 0 atom stereocenters. The second-order valence-corrected chi connectivity index (χ2v) is 6.23. The fourth-order valence-electron chi connectivity index (χ4n) is 3.35. The van der Waals surface area contributed by atoms with E-state index in [1.165, 1.54) is 33.4 Å². The van der Waals surface area contributed by atoms with Gasteiger partial charge in [0, 0.05) is 17.8 Å². The van der Waals surface area contributed by atoms with Gasteiger partial charge in [0.05, 0.1) is 0 Å². The average Bonchev–Trinajstić information content (AvgIpc) is 2.57. The van der Waals surface area contributed by atoms with E-state index in [0.29, 0.717) is 0 Å². The second kappa shape index (κ2) is 7.54.